The molecule has 1 aliphatic rings. The lowest BCUT2D eigenvalue weighted by molar-refractivity contribution is -0.120. The predicted octanol–water partition coefficient (Wildman–Crippen LogP) is 1.90. The van der Waals surface area contributed by atoms with Gasteiger partial charge in [-0.3, -0.25) is 4.90 Å². The van der Waals surface area contributed by atoms with E-state index in [4.69, 9.17) is 4.74 Å². The van der Waals surface area contributed by atoms with Gasteiger partial charge in [0.05, 0.1) is 18.8 Å². The van der Waals surface area contributed by atoms with Gasteiger partial charge in [0.15, 0.2) is 0 Å². The number of benzene rings is 1. The van der Waals surface area contributed by atoms with Crippen molar-refractivity contribution in [3.8, 4) is 0 Å². The van der Waals surface area contributed by atoms with Crippen molar-refractivity contribution in [3.05, 3.63) is 35.9 Å². The second-order valence-electron chi connectivity index (χ2n) is 5.40. The standard InChI is InChI=1S/C15H23NO2/c1-12(2)15-10-16(9-14(11-17)18-15)8-13-6-4-3-5-7-13/h3-7,12,14-15,17H,8-11H2,1-2H3/t14-,15-/m0/s1. The van der Waals surface area contributed by atoms with Crippen LogP contribution in [-0.2, 0) is 11.3 Å². The first kappa shape index (κ1) is 13.5. The molecule has 0 bridgehead atoms. The van der Waals surface area contributed by atoms with Crippen molar-refractivity contribution >= 4 is 0 Å². The molecule has 0 unspecified atom stereocenters. The number of ether oxygens (including phenoxy) is 1. The molecule has 1 heterocycles. The van der Waals surface area contributed by atoms with Gasteiger partial charge in [-0.1, -0.05) is 44.2 Å². The van der Waals surface area contributed by atoms with Crippen LogP contribution in [0.25, 0.3) is 0 Å². The van der Waals surface area contributed by atoms with E-state index in [-0.39, 0.29) is 18.8 Å². The molecule has 2 rings (SSSR count). The molecular formula is C15H23NO2. The number of hydrogen-bond donors (Lipinski definition) is 1. The maximum absolute atomic E-state index is 9.32. The van der Waals surface area contributed by atoms with Gasteiger partial charge in [0.1, 0.15) is 0 Å². The molecular weight excluding hydrogens is 226 g/mol. The second-order valence-corrected chi connectivity index (χ2v) is 5.40. The summed E-state index contributed by atoms with van der Waals surface area (Å²) < 4.78 is 5.87. The average Bonchev–Trinajstić information content (AvgIpc) is 2.39. The Bertz CT molecular complexity index is 353. The third kappa shape index (κ3) is 3.55. The number of hydrogen-bond acceptors (Lipinski definition) is 3. The molecule has 1 N–H and O–H groups in total. The summed E-state index contributed by atoms with van der Waals surface area (Å²) in [6.07, 6.45) is 0.175. The van der Waals surface area contributed by atoms with Crippen LogP contribution in [0.4, 0.5) is 0 Å². The summed E-state index contributed by atoms with van der Waals surface area (Å²) in [5.74, 6) is 0.484. The Morgan fingerprint density at radius 1 is 1.28 bits per heavy atom. The second kappa shape index (κ2) is 6.32. The van der Waals surface area contributed by atoms with Gasteiger partial charge in [0, 0.05) is 19.6 Å². The van der Waals surface area contributed by atoms with Gasteiger partial charge in [0.2, 0.25) is 0 Å². The maximum atomic E-state index is 9.32. The van der Waals surface area contributed by atoms with E-state index in [1.54, 1.807) is 0 Å². The third-order valence-electron chi connectivity index (χ3n) is 3.46. The molecule has 0 aromatic heterocycles. The van der Waals surface area contributed by atoms with Crippen molar-refractivity contribution in [2.45, 2.75) is 32.6 Å². The van der Waals surface area contributed by atoms with Crippen molar-refractivity contribution in [1.29, 1.82) is 0 Å². The van der Waals surface area contributed by atoms with Gasteiger partial charge in [0.25, 0.3) is 0 Å². The minimum absolute atomic E-state index is 0.0464. The van der Waals surface area contributed by atoms with Crippen molar-refractivity contribution in [2.24, 2.45) is 5.92 Å². The molecule has 18 heavy (non-hydrogen) atoms. The minimum atomic E-state index is -0.0464. The van der Waals surface area contributed by atoms with E-state index in [9.17, 15) is 5.11 Å². The van der Waals surface area contributed by atoms with E-state index in [0.717, 1.165) is 19.6 Å². The van der Waals surface area contributed by atoms with Crippen LogP contribution in [0, 0.1) is 5.92 Å². The molecule has 1 aromatic carbocycles. The zero-order chi connectivity index (χ0) is 13.0. The Morgan fingerprint density at radius 2 is 2.00 bits per heavy atom. The highest BCUT2D eigenvalue weighted by atomic mass is 16.5. The number of rotatable bonds is 4. The summed E-state index contributed by atoms with van der Waals surface area (Å²) in [5, 5.41) is 9.32. The van der Waals surface area contributed by atoms with Crippen LogP contribution in [0.3, 0.4) is 0 Å². The van der Waals surface area contributed by atoms with Crippen molar-refractivity contribution in [1.82, 2.24) is 4.90 Å². The molecule has 2 atom stereocenters. The molecule has 3 nitrogen and oxygen atoms in total. The van der Waals surface area contributed by atoms with Gasteiger partial charge in [-0.05, 0) is 11.5 Å². The van der Waals surface area contributed by atoms with Gasteiger partial charge in [-0.25, -0.2) is 0 Å². The van der Waals surface area contributed by atoms with Gasteiger partial charge < -0.3 is 9.84 Å². The fourth-order valence-corrected chi connectivity index (χ4v) is 2.39. The first-order chi connectivity index (χ1) is 8.69. The van der Waals surface area contributed by atoms with Crippen LogP contribution in [0.1, 0.15) is 19.4 Å². The first-order valence-corrected chi connectivity index (χ1v) is 6.71. The zero-order valence-corrected chi connectivity index (χ0v) is 11.2. The van der Waals surface area contributed by atoms with E-state index < -0.39 is 0 Å². The predicted molar refractivity (Wildman–Crippen MR) is 72.3 cm³/mol. The Labute approximate surface area is 109 Å². The van der Waals surface area contributed by atoms with Crippen LogP contribution in [0.2, 0.25) is 0 Å². The summed E-state index contributed by atoms with van der Waals surface area (Å²) in [6.45, 7) is 7.15. The largest absolute Gasteiger partial charge is 0.394 e. The summed E-state index contributed by atoms with van der Waals surface area (Å²) in [5.41, 5.74) is 1.32. The van der Waals surface area contributed by atoms with Crippen molar-refractivity contribution in [3.63, 3.8) is 0 Å². The SMILES string of the molecule is CC(C)[C@@H]1CN(Cc2ccccc2)C[C@@H](CO)O1. The quantitative estimate of drug-likeness (QED) is 0.884. The van der Waals surface area contributed by atoms with Gasteiger partial charge in [-0.2, -0.15) is 0 Å². The van der Waals surface area contributed by atoms with Crippen LogP contribution in [0.15, 0.2) is 30.3 Å². The highest BCUT2D eigenvalue weighted by Crippen LogP contribution is 2.19. The number of aliphatic hydroxyl groups excluding tert-OH is 1. The molecule has 0 radical (unpaired) electrons. The Kier molecular flexibility index (Phi) is 4.75. The highest BCUT2D eigenvalue weighted by molar-refractivity contribution is 5.14. The molecule has 3 heteroatoms. The molecule has 1 saturated heterocycles. The fraction of sp³-hybridized carbons (Fsp3) is 0.600. The van der Waals surface area contributed by atoms with Crippen molar-refractivity contribution in [2.75, 3.05) is 19.7 Å². The Morgan fingerprint density at radius 3 is 2.61 bits per heavy atom. The summed E-state index contributed by atoms with van der Waals surface area (Å²) in [7, 11) is 0. The van der Waals surface area contributed by atoms with E-state index in [0.29, 0.717) is 5.92 Å². The van der Waals surface area contributed by atoms with Gasteiger partial charge >= 0.3 is 0 Å². The molecule has 100 valence electrons. The van der Waals surface area contributed by atoms with E-state index in [2.05, 4.69) is 43.0 Å². The highest BCUT2D eigenvalue weighted by Gasteiger charge is 2.29. The summed E-state index contributed by atoms with van der Waals surface area (Å²) in [4.78, 5) is 2.38. The van der Waals surface area contributed by atoms with Crippen molar-refractivity contribution < 1.29 is 9.84 Å². The van der Waals surface area contributed by atoms with Crippen LogP contribution in [-0.4, -0.2) is 41.9 Å². The van der Waals surface area contributed by atoms with Crippen LogP contribution >= 0.6 is 0 Å². The third-order valence-corrected chi connectivity index (χ3v) is 3.46. The fourth-order valence-electron chi connectivity index (χ4n) is 2.39. The molecule has 0 aliphatic carbocycles. The molecule has 0 saturated carbocycles. The van der Waals surface area contributed by atoms with Crippen LogP contribution in [0.5, 0.6) is 0 Å². The molecule has 1 aliphatic heterocycles. The maximum Gasteiger partial charge on any atom is 0.0936 e. The monoisotopic (exact) mass is 249 g/mol. The zero-order valence-electron chi connectivity index (χ0n) is 11.2. The topological polar surface area (TPSA) is 32.7 Å². The smallest absolute Gasteiger partial charge is 0.0936 e. The summed E-state index contributed by atoms with van der Waals surface area (Å²) >= 11 is 0. The molecule has 1 aromatic rings. The lowest BCUT2D eigenvalue weighted by Gasteiger charge is -2.39. The minimum Gasteiger partial charge on any atom is -0.394 e. The number of aliphatic hydroxyl groups is 1. The number of nitrogens with zero attached hydrogens (tertiary/aromatic N) is 1. The number of morpholine rings is 1. The first-order valence-electron chi connectivity index (χ1n) is 6.71. The summed E-state index contributed by atoms with van der Waals surface area (Å²) in [6, 6.07) is 10.5. The lowest BCUT2D eigenvalue weighted by Crippen LogP contribution is -2.50. The Balaban J connectivity index is 1.99. The van der Waals surface area contributed by atoms with E-state index in [1.165, 1.54) is 5.56 Å². The normalized spacial score (nSPS) is 25.6. The molecule has 0 amide bonds. The molecule has 1 fully saturated rings. The van der Waals surface area contributed by atoms with Crippen LogP contribution < -0.4 is 0 Å². The van der Waals surface area contributed by atoms with Gasteiger partial charge in [-0.15, -0.1) is 0 Å². The van der Waals surface area contributed by atoms with E-state index in [1.807, 2.05) is 6.07 Å². The van der Waals surface area contributed by atoms with E-state index >= 15 is 0 Å². The molecule has 0 spiro atoms. The Hall–Kier alpha value is -0.900. The average molecular weight is 249 g/mol. The lowest BCUT2D eigenvalue weighted by atomic mass is 10.0.